The topological polar surface area (TPSA) is 89.3 Å². The molecule has 5 rings (SSSR count). The van der Waals surface area contributed by atoms with E-state index in [0.717, 1.165) is 41.0 Å². The second-order valence-electron chi connectivity index (χ2n) is 8.49. The zero-order chi connectivity index (χ0) is 22.8. The molecule has 0 radical (unpaired) electrons. The summed E-state index contributed by atoms with van der Waals surface area (Å²) in [6.45, 7) is 4.38. The van der Waals surface area contributed by atoms with Gasteiger partial charge in [0.15, 0.2) is 0 Å². The third-order valence-corrected chi connectivity index (χ3v) is 6.41. The van der Waals surface area contributed by atoms with E-state index in [1.54, 1.807) is 12.3 Å². The van der Waals surface area contributed by atoms with Gasteiger partial charge in [-0.25, -0.2) is 9.97 Å². The minimum absolute atomic E-state index is 0.106. The van der Waals surface area contributed by atoms with Crippen molar-refractivity contribution in [3.8, 4) is 0 Å². The van der Waals surface area contributed by atoms with Gasteiger partial charge in [0.2, 0.25) is 0 Å². The molecule has 2 aromatic heterocycles. The van der Waals surface area contributed by atoms with Gasteiger partial charge in [-0.2, -0.15) is 0 Å². The van der Waals surface area contributed by atoms with Crippen LogP contribution < -0.4 is 5.73 Å². The number of nitrogens with two attached hydrogens (primary N) is 1. The average Bonchev–Trinajstić information content (AvgIpc) is 3.44. The highest BCUT2D eigenvalue weighted by Crippen LogP contribution is 2.58. The zero-order valence-electron chi connectivity index (χ0n) is 18.4. The standard InChI is InChI=1S/C27H27N5O/c1-2-7-20(8-6-15-33-22-9-4-3-5-10-22)23-24-25(29)30-13-14-32(24)26(31-23)27-12-11-19(18-28)16-21(27)17-27/h2-9,11-14,16,18,21-22,28H,1,10,15,17H2,(H2,29,30)/b8-6-,20-7+,28-18?. The largest absolute Gasteiger partial charge is 0.382 e. The van der Waals surface area contributed by atoms with Gasteiger partial charge in [-0.3, -0.25) is 4.40 Å². The number of allylic oxidation sites excluding steroid dienone is 10. The van der Waals surface area contributed by atoms with Crippen molar-refractivity contribution in [3.63, 3.8) is 0 Å². The number of anilines is 1. The highest BCUT2D eigenvalue weighted by Gasteiger charge is 2.56. The number of nitrogens with one attached hydrogen (secondary N) is 1. The molecule has 3 atom stereocenters. The number of ether oxygens (including phenoxy) is 1. The van der Waals surface area contributed by atoms with E-state index < -0.39 is 0 Å². The van der Waals surface area contributed by atoms with E-state index in [9.17, 15) is 0 Å². The van der Waals surface area contributed by atoms with Gasteiger partial charge in [-0.05, 0) is 24.3 Å². The molecule has 0 spiro atoms. The maximum absolute atomic E-state index is 7.55. The van der Waals surface area contributed by atoms with Gasteiger partial charge >= 0.3 is 0 Å². The lowest BCUT2D eigenvalue weighted by Gasteiger charge is -2.14. The second kappa shape index (κ2) is 8.64. The summed E-state index contributed by atoms with van der Waals surface area (Å²) in [5, 5.41) is 7.55. The van der Waals surface area contributed by atoms with E-state index in [1.807, 2.05) is 42.7 Å². The van der Waals surface area contributed by atoms with E-state index in [-0.39, 0.29) is 11.5 Å². The number of aromatic nitrogens is 3. The fourth-order valence-electron chi connectivity index (χ4n) is 4.63. The quantitative estimate of drug-likeness (QED) is 0.461. The summed E-state index contributed by atoms with van der Waals surface area (Å²) >= 11 is 0. The Kier molecular flexibility index (Phi) is 5.52. The molecule has 0 saturated heterocycles. The second-order valence-corrected chi connectivity index (χ2v) is 8.49. The Morgan fingerprint density at radius 2 is 2.30 bits per heavy atom. The molecular weight excluding hydrogens is 410 g/mol. The van der Waals surface area contributed by atoms with Crippen molar-refractivity contribution < 1.29 is 4.74 Å². The van der Waals surface area contributed by atoms with Gasteiger partial charge in [0.25, 0.3) is 0 Å². The highest BCUT2D eigenvalue weighted by molar-refractivity contribution is 5.88. The van der Waals surface area contributed by atoms with Crippen LogP contribution in [0.25, 0.3) is 11.1 Å². The molecular formula is C27H27N5O. The molecule has 3 aliphatic carbocycles. The maximum atomic E-state index is 7.55. The summed E-state index contributed by atoms with van der Waals surface area (Å²) in [4.78, 5) is 9.43. The Morgan fingerprint density at radius 3 is 3.06 bits per heavy atom. The van der Waals surface area contributed by atoms with Gasteiger partial charge in [-0.1, -0.05) is 73.4 Å². The first-order chi connectivity index (χ1) is 16.2. The van der Waals surface area contributed by atoms with Crippen LogP contribution in [0.5, 0.6) is 0 Å². The number of imidazole rings is 1. The number of nitrogen functional groups attached to an aromatic ring is 1. The van der Waals surface area contributed by atoms with Crippen molar-refractivity contribution >= 4 is 23.1 Å². The number of hydrogen-bond acceptors (Lipinski definition) is 5. The van der Waals surface area contributed by atoms with Gasteiger partial charge < -0.3 is 15.9 Å². The number of rotatable bonds is 8. The molecule has 1 saturated carbocycles. The van der Waals surface area contributed by atoms with Crippen LogP contribution in [0, 0.1) is 11.3 Å². The Hall–Kier alpha value is -3.77. The maximum Gasteiger partial charge on any atom is 0.150 e. The SMILES string of the molecule is C=C/C=C(\C=C/COC1C=CC=CC1)c1nc(C23C=CC(C=N)=CC2C3)n2ccnc(N)c12. The molecule has 3 unspecified atom stereocenters. The molecule has 0 aromatic carbocycles. The van der Waals surface area contributed by atoms with Crippen molar-refractivity contribution in [2.75, 3.05) is 12.3 Å². The van der Waals surface area contributed by atoms with Crippen LogP contribution in [0.15, 0.2) is 91.4 Å². The van der Waals surface area contributed by atoms with Crippen LogP contribution in [0.4, 0.5) is 5.82 Å². The Labute approximate surface area is 193 Å². The van der Waals surface area contributed by atoms with Crippen molar-refractivity contribution in [2.45, 2.75) is 24.4 Å². The number of hydrogen-bond donors (Lipinski definition) is 2. The normalized spacial score (nSPS) is 25.9. The van der Waals surface area contributed by atoms with E-state index in [4.69, 9.17) is 20.9 Å². The molecule has 166 valence electrons. The van der Waals surface area contributed by atoms with Crippen LogP contribution >= 0.6 is 0 Å². The van der Waals surface area contributed by atoms with E-state index in [0.29, 0.717) is 18.3 Å². The lowest BCUT2D eigenvalue weighted by Crippen LogP contribution is -2.14. The van der Waals surface area contributed by atoms with Gasteiger partial charge in [-0.15, -0.1) is 0 Å². The summed E-state index contributed by atoms with van der Waals surface area (Å²) in [7, 11) is 0. The summed E-state index contributed by atoms with van der Waals surface area (Å²) in [6.07, 6.45) is 29.3. The predicted octanol–water partition coefficient (Wildman–Crippen LogP) is 4.74. The fourth-order valence-corrected chi connectivity index (χ4v) is 4.63. The molecule has 3 N–H and O–H groups in total. The van der Waals surface area contributed by atoms with Crippen molar-refractivity contribution in [3.05, 3.63) is 103 Å². The fraction of sp³-hybridized carbons (Fsp3) is 0.222. The third-order valence-electron chi connectivity index (χ3n) is 6.41. The van der Waals surface area contributed by atoms with Crippen LogP contribution in [0.2, 0.25) is 0 Å². The molecule has 33 heavy (non-hydrogen) atoms. The molecule has 0 amide bonds. The van der Waals surface area contributed by atoms with E-state index in [1.165, 1.54) is 6.21 Å². The molecule has 0 aliphatic heterocycles. The van der Waals surface area contributed by atoms with Crippen LogP contribution in [-0.4, -0.2) is 33.3 Å². The molecule has 2 heterocycles. The Bertz CT molecular complexity index is 1290. The first kappa shape index (κ1) is 21.1. The van der Waals surface area contributed by atoms with Crippen LogP contribution in [0.3, 0.4) is 0 Å². The molecule has 0 bridgehead atoms. The van der Waals surface area contributed by atoms with Crippen molar-refractivity contribution in [1.82, 2.24) is 14.4 Å². The third kappa shape index (κ3) is 3.83. The summed E-state index contributed by atoms with van der Waals surface area (Å²) in [6, 6.07) is 0. The van der Waals surface area contributed by atoms with E-state index in [2.05, 4.69) is 40.3 Å². The first-order valence-corrected chi connectivity index (χ1v) is 11.2. The predicted molar refractivity (Wildman–Crippen MR) is 133 cm³/mol. The van der Waals surface area contributed by atoms with Crippen molar-refractivity contribution in [2.24, 2.45) is 5.92 Å². The number of nitrogens with zero attached hydrogens (tertiary/aromatic N) is 3. The Balaban J connectivity index is 1.48. The lowest BCUT2D eigenvalue weighted by atomic mass is 9.95. The lowest BCUT2D eigenvalue weighted by molar-refractivity contribution is 0.111. The molecule has 6 nitrogen and oxygen atoms in total. The molecule has 3 aliphatic rings. The molecule has 1 fully saturated rings. The minimum Gasteiger partial charge on any atom is -0.382 e. The van der Waals surface area contributed by atoms with Crippen LogP contribution in [-0.2, 0) is 10.2 Å². The zero-order valence-corrected chi connectivity index (χ0v) is 18.4. The Morgan fingerprint density at radius 1 is 1.39 bits per heavy atom. The van der Waals surface area contributed by atoms with Crippen molar-refractivity contribution in [1.29, 1.82) is 5.41 Å². The van der Waals surface area contributed by atoms with E-state index >= 15 is 0 Å². The van der Waals surface area contributed by atoms with Gasteiger partial charge in [0, 0.05) is 24.2 Å². The van der Waals surface area contributed by atoms with Crippen LogP contribution in [0.1, 0.15) is 24.4 Å². The highest BCUT2D eigenvalue weighted by atomic mass is 16.5. The average molecular weight is 438 g/mol. The minimum atomic E-state index is -0.172. The number of fused-ring (bicyclic) bond motifs is 2. The summed E-state index contributed by atoms with van der Waals surface area (Å²) in [5.41, 5.74) is 9.58. The summed E-state index contributed by atoms with van der Waals surface area (Å²) in [5.74, 6) is 1.72. The first-order valence-electron chi connectivity index (χ1n) is 11.2. The van der Waals surface area contributed by atoms with Gasteiger partial charge in [0.05, 0.1) is 18.1 Å². The molecule has 6 heteroatoms. The monoisotopic (exact) mass is 437 g/mol. The smallest absolute Gasteiger partial charge is 0.150 e. The molecule has 2 aromatic rings. The summed E-state index contributed by atoms with van der Waals surface area (Å²) < 4.78 is 7.99. The van der Waals surface area contributed by atoms with Gasteiger partial charge in [0.1, 0.15) is 22.9 Å².